The van der Waals surface area contributed by atoms with Crippen LogP contribution < -0.4 is 10.2 Å². The highest BCUT2D eigenvalue weighted by atomic mass is 35.5. The van der Waals surface area contributed by atoms with Crippen molar-refractivity contribution in [2.45, 2.75) is 32.0 Å². The summed E-state index contributed by atoms with van der Waals surface area (Å²) in [4.78, 5) is 6.87. The van der Waals surface area contributed by atoms with Crippen molar-refractivity contribution in [1.82, 2.24) is 10.3 Å². The lowest BCUT2D eigenvalue weighted by molar-refractivity contribution is 0.673. The van der Waals surface area contributed by atoms with E-state index in [1.807, 2.05) is 24.3 Å². The van der Waals surface area contributed by atoms with Crippen LogP contribution in [0.4, 0.5) is 5.82 Å². The van der Waals surface area contributed by atoms with Gasteiger partial charge < -0.3 is 10.2 Å². The zero-order chi connectivity index (χ0) is 14.7. The number of pyridine rings is 1. The molecule has 0 radical (unpaired) electrons. The summed E-state index contributed by atoms with van der Waals surface area (Å²) < 4.78 is 0. The van der Waals surface area contributed by atoms with Crippen molar-refractivity contribution in [3.63, 3.8) is 0 Å². The molecule has 0 spiro atoms. The third-order valence-electron chi connectivity index (χ3n) is 3.64. The van der Waals surface area contributed by atoms with Crippen LogP contribution in [0.25, 0.3) is 0 Å². The summed E-state index contributed by atoms with van der Waals surface area (Å²) in [5.41, 5.74) is 2.28. The first-order valence-corrected chi connectivity index (χ1v) is 7.73. The van der Waals surface area contributed by atoms with Crippen LogP contribution in [-0.4, -0.2) is 18.1 Å². The van der Waals surface area contributed by atoms with Crippen molar-refractivity contribution >= 4 is 17.4 Å². The number of anilines is 1. The van der Waals surface area contributed by atoms with E-state index < -0.39 is 0 Å². The van der Waals surface area contributed by atoms with Crippen LogP contribution in [0.2, 0.25) is 5.02 Å². The molecule has 1 aliphatic rings. The molecule has 0 saturated heterocycles. The average Bonchev–Trinajstić information content (AvgIpc) is 3.30. The maximum atomic E-state index is 6.03. The fraction of sp³-hybridized carbons (Fsp3) is 0.353. The van der Waals surface area contributed by atoms with Gasteiger partial charge in [-0.25, -0.2) is 4.98 Å². The second-order valence-electron chi connectivity index (χ2n) is 5.63. The van der Waals surface area contributed by atoms with Gasteiger partial charge in [-0.3, -0.25) is 0 Å². The number of benzene rings is 1. The smallest absolute Gasteiger partial charge is 0.128 e. The molecule has 110 valence electrons. The lowest BCUT2D eigenvalue weighted by Gasteiger charge is -2.19. The number of nitrogens with zero attached hydrogens (tertiary/aromatic N) is 2. The molecular weight excluding hydrogens is 282 g/mol. The second kappa shape index (κ2) is 6.46. The molecule has 1 aromatic heterocycles. The summed E-state index contributed by atoms with van der Waals surface area (Å²) in [5, 5.41) is 4.27. The van der Waals surface area contributed by atoms with Crippen LogP contribution in [0.1, 0.15) is 24.1 Å². The summed E-state index contributed by atoms with van der Waals surface area (Å²) in [5.74, 6) is 0.991. The molecule has 0 bridgehead atoms. The van der Waals surface area contributed by atoms with E-state index in [0.717, 1.165) is 29.6 Å². The van der Waals surface area contributed by atoms with Crippen LogP contribution >= 0.6 is 11.6 Å². The van der Waals surface area contributed by atoms with E-state index in [0.29, 0.717) is 6.04 Å². The second-order valence-corrected chi connectivity index (χ2v) is 6.06. The minimum Gasteiger partial charge on any atom is -0.355 e. The SMILES string of the molecule is CN(Cc1cccc(Cl)c1)c1cccc(CNC2CC2)n1. The van der Waals surface area contributed by atoms with Crippen LogP contribution in [0.5, 0.6) is 0 Å². The maximum Gasteiger partial charge on any atom is 0.128 e. The van der Waals surface area contributed by atoms with E-state index in [4.69, 9.17) is 16.6 Å². The highest BCUT2D eigenvalue weighted by Crippen LogP contribution is 2.20. The fourth-order valence-corrected chi connectivity index (χ4v) is 2.52. The van der Waals surface area contributed by atoms with Gasteiger partial charge in [0.2, 0.25) is 0 Å². The number of halogens is 1. The molecule has 1 aliphatic carbocycles. The third kappa shape index (κ3) is 4.19. The molecule has 1 aromatic carbocycles. The van der Waals surface area contributed by atoms with Gasteiger partial charge in [0, 0.05) is 31.2 Å². The minimum atomic E-state index is 0.708. The largest absolute Gasteiger partial charge is 0.355 e. The highest BCUT2D eigenvalue weighted by Gasteiger charge is 2.20. The maximum absolute atomic E-state index is 6.03. The Balaban J connectivity index is 1.65. The zero-order valence-corrected chi connectivity index (χ0v) is 13.0. The molecule has 1 saturated carbocycles. The van der Waals surface area contributed by atoms with E-state index in [-0.39, 0.29) is 0 Å². The first kappa shape index (κ1) is 14.4. The van der Waals surface area contributed by atoms with Crippen LogP contribution in [0, 0.1) is 0 Å². The van der Waals surface area contributed by atoms with E-state index in [2.05, 4.69) is 35.5 Å². The number of aromatic nitrogens is 1. The van der Waals surface area contributed by atoms with Gasteiger partial charge in [-0.2, -0.15) is 0 Å². The molecule has 0 atom stereocenters. The minimum absolute atomic E-state index is 0.708. The Labute approximate surface area is 131 Å². The van der Waals surface area contributed by atoms with Crippen LogP contribution in [-0.2, 0) is 13.1 Å². The number of hydrogen-bond donors (Lipinski definition) is 1. The number of hydrogen-bond acceptors (Lipinski definition) is 3. The van der Waals surface area contributed by atoms with Gasteiger partial charge in [-0.1, -0.05) is 29.8 Å². The van der Waals surface area contributed by atoms with Gasteiger partial charge in [0.25, 0.3) is 0 Å². The Morgan fingerprint density at radius 2 is 2.05 bits per heavy atom. The quantitative estimate of drug-likeness (QED) is 0.883. The molecule has 0 unspecified atom stereocenters. The molecule has 1 heterocycles. The first-order chi connectivity index (χ1) is 10.2. The summed E-state index contributed by atoms with van der Waals surface area (Å²) in [6.07, 6.45) is 2.60. The lowest BCUT2D eigenvalue weighted by Crippen LogP contribution is -2.20. The molecular formula is C17H20ClN3. The summed E-state index contributed by atoms with van der Waals surface area (Å²) >= 11 is 6.03. The topological polar surface area (TPSA) is 28.2 Å². The molecule has 1 N–H and O–H groups in total. The average molecular weight is 302 g/mol. The predicted molar refractivity (Wildman–Crippen MR) is 87.7 cm³/mol. The van der Waals surface area contributed by atoms with Crippen molar-refractivity contribution in [3.05, 3.63) is 58.7 Å². The van der Waals surface area contributed by atoms with Crippen molar-refractivity contribution in [2.24, 2.45) is 0 Å². The molecule has 0 aliphatic heterocycles. The number of nitrogens with one attached hydrogen (secondary N) is 1. The fourth-order valence-electron chi connectivity index (χ4n) is 2.30. The van der Waals surface area contributed by atoms with Gasteiger partial charge >= 0.3 is 0 Å². The Kier molecular flexibility index (Phi) is 4.42. The molecule has 21 heavy (non-hydrogen) atoms. The van der Waals surface area contributed by atoms with Gasteiger partial charge in [0.1, 0.15) is 5.82 Å². The lowest BCUT2D eigenvalue weighted by atomic mass is 10.2. The van der Waals surface area contributed by atoms with Gasteiger partial charge in [0.15, 0.2) is 0 Å². The summed E-state index contributed by atoms with van der Waals surface area (Å²) in [6, 6.07) is 14.9. The van der Waals surface area contributed by atoms with E-state index in [9.17, 15) is 0 Å². The van der Waals surface area contributed by atoms with Crippen LogP contribution in [0.3, 0.4) is 0 Å². The van der Waals surface area contributed by atoms with Gasteiger partial charge in [0.05, 0.1) is 5.69 Å². The standard InChI is InChI=1S/C17H20ClN3/c1-21(12-13-4-2-5-14(18)10-13)17-7-3-6-16(20-17)11-19-15-8-9-15/h2-7,10,15,19H,8-9,11-12H2,1H3. The molecule has 4 heteroatoms. The molecule has 0 amide bonds. The Bertz CT molecular complexity index is 610. The van der Waals surface area contributed by atoms with E-state index in [1.165, 1.54) is 18.4 Å². The van der Waals surface area contributed by atoms with Crippen molar-refractivity contribution < 1.29 is 0 Å². The summed E-state index contributed by atoms with van der Waals surface area (Å²) in [6.45, 7) is 1.65. The van der Waals surface area contributed by atoms with Gasteiger partial charge in [-0.05, 0) is 42.7 Å². The zero-order valence-electron chi connectivity index (χ0n) is 12.2. The Hall–Kier alpha value is -1.58. The molecule has 1 fully saturated rings. The third-order valence-corrected chi connectivity index (χ3v) is 3.88. The van der Waals surface area contributed by atoms with Crippen LogP contribution in [0.15, 0.2) is 42.5 Å². The van der Waals surface area contributed by atoms with Crippen molar-refractivity contribution in [2.75, 3.05) is 11.9 Å². The number of rotatable bonds is 6. The monoisotopic (exact) mass is 301 g/mol. The van der Waals surface area contributed by atoms with Crippen molar-refractivity contribution in [1.29, 1.82) is 0 Å². The normalized spacial score (nSPS) is 14.2. The first-order valence-electron chi connectivity index (χ1n) is 7.35. The Morgan fingerprint density at radius 1 is 1.24 bits per heavy atom. The Morgan fingerprint density at radius 3 is 2.81 bits per heavy atom. The van der Waals surface area contributed by atoms with E-state index >= 15 is 0 Å². The van der Waals surface area contributed by atoms with Crippen molar-refractivity contribution in [3.8, 4) is 0 Å². The predicted octanol–water partition coefficient (Wildman–Crippen LogP) is 3.62. The summed E-state index contributed by atoms with van der Waals surface area (Å²) in [7, 11) is 2.06. The van der Waals surface area contributed by atoms with Gasteiger partial charge in [-0.15, -0.1) is 0 Å². The highest BCUT2D eigenvalue weighted by molar-refractivity contribution is 6.30. The molecule has 3 rings (SSSR count). The van der Waals surface area contributed by atoms with E-state index in [1.54, 1.807) is 0 Å². The molecule has 3 nitrogen and oxygen atoms in total. The molecule has 2 aromatic rings.